The first kappa shape index (κ1) is 20.5. The molecule has 0 fully saturated rings. The fourth-order valence-electron chi connectivity index (χ4n) is 2.74. The van der Waals surface area contributed by atoms with Crippen molar-refractivity contribution in [2.75, 3.05) is 19.0 Å². The van der Waals surface area contributed by atoms with Gasteiger partial charge in [0.2, 0.25) is 5.91 Å². The Balaban J connectivity index is 1.39. The van der Waals surface area contributed by atoms with E-state index >= 15 is 0 Å². The first-order valence-electron chi connectivity index (χ1n) is 9.34. The highest BCUT2D eigenvalue weighted by Crippen LogP contribution is 2.17. The summed E-state index contributed by atoms with van der Waals surface area (Å²) in [4.78, 5) is 28.6. The second-order valence-corrected chi connectivity index (χ2v) is 7.27. The highest BCUT2D eigenvalue weighted by atomic mass is 32.1. The van der Waals surface area contributed by atoms with Crippen LogP contribution < -0.4 is 15.4 Å². The molecule has 0 unspecified atom stereocenters. The van der Waals surface area contributed by atoms with Crippen molar-refractivity contribution in [2.45, 2.75) is 19.3 Å². The van der Waals surface area contributed by atoms with Gasteiger partial charge in [-0.25, -0.2) is 4.98 Å². The van der Waals surface area contributed by atoms with Gasteiger partial charge >= 0.3 is 0 Å². The van der Waals surface area contributed by atoms with Crippen molar-refractivity contribution in [1.82, 2.24) is 10.3 Å². The van der Waals surface area contributed by atoms with E-state index in [-0.39, 0.29) is 11.8 Å². The van der Waals surface area contributed by atoms with E-state index in [1.807, 2.05) is 47.8 Å². The maximum atomic E-state index is 12.1. The number of benzene rings is 2. The fourth-order valence-corrected chi connectivity index (χ4v) is 3.48. The number of hydrogen-bond donors (Lipinski definition) is 2. The van der Waals surface area contributed by atoms with Gasteiger partial charge < -0.3 is 10.1 Å². The first-order valence-corrected chi connectivity index (χ1v) is 10.2. The summed E-state index contributed by atoms with van der Waals surface area (Å²) in [6.45, 7) is 0.571. The molecule has 0 spiro atoms. The van der Waals surface area contributed by atoms with E-state index in [0.717, 1.165) is 23.4 Å². The molecule has 0 radical (unpaired) electrons. The lowest BCUT2D eigenvalue weighted by Crippen LogP contribution is -2.25. The van der Waals surface area contributed by atoms with Gasteiger partial charge in [-0.05, 0) is 42.7 Å². The number of nitrogens with one attached hydrogen (secondary N) is 2. The molecule has 0 aliphatic rings. The SMILES string of the molecule is COc1cccc(CCNC(=O)CCc2csc(NC(=O)c3ccccc3)n2)c1. The van der Waals surface area contributed by atoms with Gasteiger partial charge in [-0.1, -0.05) is 30.3 Å². The largest absolute Gasteiger partial charge is 0.497 e. The minimum absolute atomic E-state index is 0.0178. The number of anilines is 1. The third-order valence-corrected chi connectivity index (χ3v) is 5.09. The average Bonchev–Trinajstić information content (AvgIpc) is 3.20. The molecule has 150 valence electrons. The molecule has 3 rings (SSSR count). The Morgan fingerprint density at radius 3 is 2.69 bits per heavy atom. The van der Waals surface area contributed by atoms with Crippen molar-refractivity contribution in [3.8, 4) is 5.75 Å². The van der Waals surface area contributed by atoms with Gasteiger partial charge in [-0.15, -0.1) is 11.3 Å². The van der Waals surface area contributed by atoms with Crippen LogP contribution in [-0.4, -0.2) is 30.5 Å². The number of amides is 2. The van der Waals surface area contributed by atoms with E-state index in [4.69, 9.17) is 4.74 Å². The van der Waals surface area contributed by atoms with Gasteiger partial charge in [-0.3, -0.25) is 14.9 Å². The third-order valence-electron chi connectivity index (χ3n) is 4.29. The zero-order valence-corrected chi connectivity index (χ0v) is 17.0. The molecular weight excluding hydrogens is 386 g/mol. The lowest BCUT2D eigenvalue weighted by atomic mass is 10.1. The Kier molecular flexibility index (Phi) is 7.35. The lowest BCUT2D eigenvalue weighted by Gasteiger charge is -2.06. The molecule has 2 N–H and O–H groups in total. The van der Waals surface area contributed by atoms with Gasteiger partial charge in [0.25, 0.3) is 5.91 Å². The Morgan fingerprint density at radius 1 is 1.07 bits per heavy atom. The maximum Gasteiger partial charge on any atom is 0.257 e. The number of rotatable bonds is 9. The van der Waals surface area contributed by atoms with E-state index in [2.05, 4.69) is 15.6 Å². The van der Waals surface area contributed by atoms with E-state index in [1.54, 1.807) is 19.2 Å². The number of ether oxygens (including phenoxy) is 1. The Bertz CT molecular complexity index is 957. The van der Waals surface area contributed by atoms with Crippen LogP contribution in [0.2, 0.25) is 0 Å². The molecular formula is C22H23N3O3S. The van der Waals surface area contributed by atoms with Crippen molar-refractivity contribution in [3.63, 3.8) is 0 Å². The van der Waals surface area contributed by atoms with Crippen molar-refractivity contribution in [3.05, 3.63) is 76.8 Å². The quantitative estimate of drug-likeness (QED) is 0.565. The molecule has 0 bridgehead atoms. The highest BCUT2D eigenvalue weighted by molar-refractivity contribution is 7.14. The molecule has 1 heterocycles. The number of aryl methyl sites for hydroxylation is 1. The van der Waals surface area contributed by atoms with Crippen LogP contribution in [0.4, 0.5) is 5.13 Å². The number of hydrogen-bond acceptors (Lipinski definition) is 5. The molecule has 3 aromatic rings. The molecule has 0 saturated heterocycles. The molecule has 1 aromatic heterocycles. The van der Waals surface area contributed by atoms with Crippen molar-refractivity contribution < 1.29 is 14.3 Å². The van der Waals surface area contributed by atoms with Crippen LogP contribution in [0.15, 0.2) is 60.0 Å². The Hall–Kier alpha value is -3.19. The summed E-state index contributed by atoms with van der Waals surface area (Å²) in [5.74, 6) is 0.602. The Labute approximate surface area is 173 Å². The molecule has 0 saturated carbocycles. The second-order valence-electron chi connectivity index (χ2n) is 6.42. The van der Waals surface area contributed by atoms with Crippen LogP contribution in [0.1, 0.15) is 28.0 Å². The predicted octanol–water partition coefficient (Wildman–Crippen LogP) is 3.70. The number of nitrogens with zero attached hydrogens (tertiary/aromatic N) is 1. The van der Waals surface area contributed by atoms with Crippen molar-refractivity contribution in [1.29, 1.82) is 0 Å². The van der Waals surface area contributed by atoms with Gasteiger partial charge in [0.15, 0.2) is 5.13 Å². The van der Waals surface area contributed by atoms with Crippen LogP contribution in [0.3, 0.4) is 0 Å². The van der Waals surface area contributed by atoms with E-state index < -0.39 is 0 Å². The number of carbonyl (C=O) groups is 2. The lowest BCUT2D eigenvalue weighted by molar-refractivity contribution is -0.121. The van der Waals surface area contributed by atoms with Gasteiger partial charge in [-0.2, -0.15) is 0 Å². The van der Waals surface area contributed by atoms with E-state index in [1.165, 1.54) is 11.3 Å². The number of thiazole rings is 1. The summed E-state index contributed by atoms with van der Waals surface area (Å²) in [6, 6.07) is 16.8. The number of aromatic nitrogens is 1. The average molecular weight is 410 g/mol. The number of methoxy groups -OCH3 is 1. The molecule has 0 aliphatic heterocycles. The monoisotopic (exact) mass is 409 g/mol. The minimum atomic E-state index is -0.193. The highest BCUT2D eigenvalue weighted by Gasteiger charge is 2.10. The third kappa shape index (κ3) is 6.43. The molecule has 0 atom stereocenters. The Morgan fingerprint density at radius 2 is 1.90 bits per heavy atom. The second kappa shape index (κ2) is 10.4. The first-order chi connectivity index (χ1) is 14.1. The van der Waals surface area contributed by atoms with Crippen LogP contribution in [0.5, 0.6) is 5.75 Å². The summed E-state index contributed by atoms with van der Waals surface area (Å²) in [7, 11) is 1.64. The van der Waals surface area contributed by atoms with E-state index in [0.29, 0.717) is 30.1 Å². The van der Waals surface area contributed by atoms with Crippen LogP contribution in [0, 0.1) is 0 Å². The van der Waals surface area contributed by atoms with Gasteiger partial charge in [0.05, 0.1) is 12.8 Å². The predicted molar refractivity (Wildman–Crippen MR) is 115 cm³/mol. The van der Waals surface area contributed by atoms with E-state index in [9.17, 15) is 9.59 Å². The van der Waals surface area contributed by atoms with Crippen molar-refractivity contribution >= 4 is 28.3 Å². The summed E-state index contributed by atoms with van der Waals surface area (Å²) in [5.41, 5.74) is 2.49. The summed E-state index contributed by atoms with van der Waals surface area (Å²) >= 11 is 1.36. The zero-order chi connectivity index (χ0) is 20.5. The standard InChI is InChI=1S/C22H23N3O3S/c1-28-19-9-5-6-16(14-19)12-13-23-20(26)11-10-18-15-29-22(24-18)25-21(27)17-7-3-2-4-8-17/h2-9,14-15H,10-13H2,1H3,(H,23,26)(H,24,25,27). The number of carbonyl (C=O) groups excluding carboxylic acids is 2. The van der Waals surface area contributed by atoms with Gasteiger partial charge in [0.1, 0.15) is 5.75 Å². The van der Waals surface area contributed by atoms with Crippen LogP contribution in [-0.2, 0) is 17.6 Å². The van der Waals surface area contributed by atoms with Crippen LogP contribution in [0.25, 0.3) is 0 Å². The molecule has 2 aromatic carbocycles. The van der Waals surface area contributed by atoms with Crippen molar-refractivity contribution in [2.24, 2.45) is 0 Å². The molecule has 0 aliphatic carbocycles. The summed E-state index contributed by atoms with van der Waals surface area (Å²) in [5, 5.41) is 8.11. The molecule has 7 heteroatoms. The topological polar surface area (TPSA) is 80.3 Å². The summed E-state index contributed by atoms with van der Waals surface area (Å²) in [6.07, 6.45) is 1.63. The fraction of sp³-hybridized carbons (Fsp3) is 0.227. The summed E-state index contributed by atoms with van der Waals surface area (Å²) < 4.78 is 5.20. The molecule has 2 amide bonds. The van der Waals surface area contributed by atoms with Crippen LogP contribution >= 0.6 is 11.3 Å². The molecule has 29 heavy (non-hydrogen) atoms. The zero-order valence-electron chi connectivity index (χ0n) is 16.2. The smallest absolute Gasteiger partial charge is 0.257 e. The normalized spacial score (nSPS) is 10.4. The maximum absolute atomic E-state index is 12.1. The molecule has 6 nitrogen and oxygen atoms in total. The minimum Gasteiger partial charge on any atom is -0.497 e. The van der Waals surface area contributed by atoms with Gasteiger partial charge in [0, 0.05) is 23.9 Å².